The van der Waals surface area contributed by atoms with E-state index in [0.717, 1.165) is 38.4 Å². The van der Waals surface area contributed by atoms with Crippen LogP contribution < -0.4 is 9.64 Å². The summed E-state index contributed by atoms with van der Waals surface area (Å²) in [6, 6.07) is 5.03. The summed E-state index contributed by atoms with van der Waals surface area (Å²) in [5.74, 6) is 0.350. The Bertz CT molecular complexity index is 444. The highest BCUT2D eigenvalue weighted by Crippen LogP contribution is 2.27. The van der Waals surface area contributed by atoms with Crippen LogP contribution in [0.4, 0.5) is 5.69 Å². The van der Waals surface area contributed by atoms with Crippen LogP contribution in [0.5, 0.6) is 5.75 Å². The number of rotatable bonds is 5. The lowest BCUT2D eigenvalue weighted by atomic mass is 10.2. The summed E-state index contributed by atoms with van der Waals surface area (Å²) in [6.45, 7) is 6.65. The average molecular weight is 267 g/mol. The number of nitrogens with one attached hydrogen (secondary N) is 1. The molecule has 0 unspecified atom stereocenters. The van der Waals surface area contributed by atoms with Gasteiger partial charge < -0.3 is 14.4 Å². The van der Waals surface area contributed by atoms with Crippen molar-refractivity contribution in [2.45, 2.75) is 6.92 Å². The average Bonchev–Trinajstić information content (AvgIpc) is 2.41. The van der Waals surface area contributed by atoms with Gasteiger partial charge in [-0.15, -0.1) is 0 Å². The number of nitro groups is 1. The molecule has 0 saturated carbocycles. The van der Waals surface area contributed by atoms with E-state index in [9.17, 15) is 10.1 Å². The van der Waals surface area contributed by atoms with Crippen molar-refractivity contribution in [1.82, 2.24) is 0 Å². The standard InChI is InChI=1S/C13H18N2O4/c1-11-2-3-13(12(10-11)15(16)17)19-9-6-14-4-7-18-8-5-14/h2-3,10H,4-9H2,1H3/p+1. The van der Waals surface area contributed by atoms with Crippen molar-refractivity contribution in [2.75, 3.05) is 39.5 Å². The van der Waals surface area contributed by atoms with Crippen LogP contribution in [0.1, 0.15) is 5.56 Å². The van der Waals surface area contributed by atoms with Crippen molar-refractivity contribution in [2.24, 2.45) is 0 Å². The van der Waals surface area contributed by atoms with E-state index in [0.29, 0.717) is 12.4 Å². The van der Waals surface area contributed by atoms with E-state index >= 15 is 0 Å². The summed E-state index contributed by atoms with van der Waals surface area (Å²) in [5.41, 5.74) is 0.898. The van der Waals surface area contributed by atoms with Crippen LogP contribution in [-0.2, 0) is 4.74 Å². The molecule has 1 saturated heterocycles. The minimum absolute atomic E-state index is 0.0389. The Hall–Kier alpha value is -1.66. The quantitative estimate of drug-likeness (QED) is 0.611. The number of aryl methyl sites for hydroxylation is 1. The van der Waals surface area contributed by atoms with Crippen LogP contribution in [0.2, 0.25) is 0 Å². The molecule has 1 aromatic rings. The number of morpholine rings is 1. The molecule has 2 rings (SSSR count). The normalized spacial score (nSPS) is 16.3. The van der Waals surface area contributed by atoms with Gasteiger partial charge in [0.15, 0.2) is 5.75 Å². The maximum Gasteiger partial charge on any atom is 0.311 e. The van der Waals surface area contributed by atoms with Gasteiger partial charge in [0.25, 0.3) is 0 Å². The van der Waals surface area contributed by atoms with Crippen LogP contribution in [0.3, 0.4) is 0 Å². The van der Waals surface area contributed by atoms with E-state index in [1.807, 2.05) is 13.0 Å². The monoisotopic (exact) mass is 267 g/mol. The summed E-state index contributed by atoms with van der Waals surface area (Å²) in [6.07, 6.45) is 0. The lowest BCUT2D eigenvalue weighted by molar-refractivity contribution is -0.908. The number of hydrogen-bond acceptors (Lipinski definition) is 4. The topological polar surface area (TPSA) is 66.0 Å². The van der Waals surface area contributed by atoms with E-state index in [2.05, 4.69) is 0 Å². The van der Waals surface area contributed by atoms with E-state index in [1.54, 1.807) is 6.07 Å². The van der Waals surface area contributed by atoms with E-state index in [4.69, 9.17) is 9.47 Å². The van der Waals surface area contributed by atoms with Crippen LogP contribution in [0.25, 0.3) is 0 Å². The maximum atomic E-state index is 10.9. The fraction of sp³-hybridized carbons (Fsp3) is 0.538. The molecule has 6 heteroatoms. The summed E-state index contributed by atoms with van der Waals surface area (Å²) >= 11 is 0. The van der Waals surface area contributed by atoms with Gasteiger partial charge in [-0.2, -0.15) is 0 Å². The van der Waals surface area contributed by atoms with Crippen LogP contribution in [0, 0.1) is 17.0 Å². The molecule has 1 fully saturated rings. The Morgan fingerprint density at radius 2 is 2.16 bits per heavy atom. The van der Waals surface area contributed by atoms with E-state index in [1.165, 1.54) is 11.0 Å². The van der Waals surface area contributed by atoms with Gasteiger partial charge in [-0.3, -0.25) is 10.1 Å². The summed E-state index contributed by atoms with van der Waals surface area (Å²) in [7, 11) is 0. The maximum absolute atomic E-state index is 10.9. The van der Waals surface area contributed by atoms with Gasteiger partial charge >= 0.3 is 5.69 Å². The molecule has 1 N–H and O–H groups in total. The zero-order chi connectivity index (χ0) is 13.7. The number of nitro benzene ring substituents is 1. The SMILES string of the molecule is Cc1ccc(OCC[NH+]2CCOCC2)c([N+](=O)[O-])c1. The third kappa shape index (κ3) is 3.90. The molecule has 0 aliphatic carbocycles. The number of benzene rings is 1. The summed E-state index contributed by atoms with van der Waals surface area (Å²) in [4.78, 5) is 12.0. The molecule has 1 aliphatic rings. The Balaban J connectivity index is 1.89. The minimum atomic E-state index is -0.399. The second-order valence-electron chi connectivity index (χ2n) is 4.69. The predicted molar refractivity (Wildman–Crippen MR) is 69.7 cm³/mol. The first-order valence-corrected chi connectivity index (χ1v) is 6.46. The summed E-state index contributed by atoms with van der Waals surface area (Å²) < 4.78 is 10.8. The molecule has 1 aliphatic heterocycles. The fourth-order valence-electron chi connectivity index (χ4n) is 2.11. The first-order valence-electron chi connectivity index (χ1n) is 6.46. The Labute approximate surface area is 112 Å². The molecular formula is C13H19N2O4+. The second-order valence-corrected chi connectivity index (χ2v) is 4.69. The number of hydrogen-bond donors (Lipinski definition) is 1. The van der Waals surface area contributed by atoms with Crippen LogP contribution in [0.15, 0.2) is 18.2 Å². The molecule has 0 radical (unpaired) electrons. The van der Waals surface area contributed by atoms with E-state index in [-0.39, 0.29) is 5.69 Å². The van der Waals surface area contributed by atoms with Crippen molar-refractivity contribution in [3.8, 4) is 5.75 Å². The molecule has 0 atom stereocenters. The Kier molecular flexibility index (Phi) is 4.70. The molecule has 0 bridgehead atoms. The predicted octanol–water partition coefficient (Wildman–Crippen LogP) is 0.197. The van der Waals surface area contributed by atoms with Crippen molar-refractivity contribution in [1.29, 1.82) is 0 Å². The van der Waals surface area contributed by atoms with Gasteiger partial charge in [0.2, 0.25) is 0 Å². The van der Waals surface area contributed by atoms with Crippen molar-refractivity contribution >= 4 is 5.69 Å². The summed E-state index contributed by atoms with van der Waals surface area (Å²) in [5, 5.41) is 10.9. The molecule has 1 heterocycles. The van der Waals surface area contributed by atoms with Gasteiger partial charge in [0.05, 0.1) is 18.1 Å². The Morgan fingerprint density at radius 1 is 1.42 bits per heavy atom. The van der Waals surface area contributed by atoms with Gasteiger partial charge in [0, 0.05) is 6.07 Å². The zero-order valence-electron chi connectivity index (χ0n) is 11.1. The molecule has 19 heavy (non-hydrogen) atoms. The first kappa shape index (κ1) is 13.8. The first-order chi connectivity index (χ1) is 9.16. The van der Waals surface area contributed by atoms with Crippen LogP contribution in [-0.4, -0.2) is 44.4 Å². The molecule has 6 nitrogen and oxygen atoms in total. The molecule has 0 spiro atoms. The molecule has 1 aromatic carbocycles. The zero-order valence-corrected chi connectivity index (χ0v) is 11.1. The number of quaternary nitrogens is 1. The third-order valence-electron chi connectivity index (χ3n) is 3.22. The molecular weight excluding hydrogens is 248 g/mol. The Morgan fingerprint density at radius 3 is 2.84 bits per heavy atom. The van der Waals surface area contributed by atoms with Crippen molar-refractivity contribution in [3.63, 3.8) is 0 Å². The van der Waals surface area contributed by atoms with Gasteiger partial charge in [-0.25, -0.2) is 0 Å². The highest BCUT2D eigenvalue weighted by Gasteiger charge is 2.17. The third-order valence-corrected chi connectivity index (χ3v) is 3.22. The lowest BCUT2D eigenvalue weighted by Crippen LogP contribution is -3.14. The molecule has 104 valence electrons. The molecule has 0 amide bonds. The van der Waals surface area contributed by atoms with Crippen molar-refractivity contribution in [3.05, 3.63) is 33.9 Å². The smallest absolute Gasteiger partial charge is 0.311 e. The van der Waals surface area contributed by atoms with Gasteiger partial charge in [0.1, 0.15) is 26.2 Å². The lowest BCUT2D eigenvalue weighted by Gasteiger charge is -2.23. The van der Waals surface area contributed by atoms with Crippen LogP contribution >= 0.6 is 0 Å². The highest BCUT2D eigenvalue weighted by atomic mass is 16.6. The molecule has 0 aromatic heterocycles. The number of nitrogens with zero attached hydrogens (tertiary/aromatic N) is 1. The second kappa shape index (κ2) is 6.49. The van der Waals surface area contributed by atoms with Gasteiger partial charge in [-0.05, 0) is 18.6 Å². The highest BCUT2D eigenvalue weighted by molar-refractivity contribution is 5.48. The van der Waals surface area contributed by atoms with Crippen molar-refractivity contribution < 1.29 is 19.3 Å². The van der Waals surface area contributed by atoms with Gasteiger partial charge in [-0.1, -0.05) is 6.07 Å². The fourth-order valence-corrected chi connectivity index (χ4v) is 2.11. The number of ether oxygens (including phenoxy) is 2. The van der Waals surface area contributed by atoms with E-state index < -0.39 is 4.92 Å². The largest absolute Gasteiger partial charge is 0.481 e. The minimum Gasteiger partial charge on any atom is -0.481 e.